The number of benzene rings is 1. The number of carbonyl (C=O) groups is 1. The van der Waals surface area contributed by atoms with Crippen molar-refractivity contribution in [3.63, 3.8) is 0 Å². The molecule has 0 fully saturated rings. The highest BCUT2D eigenvalue weighted by molar-refractivity contribution is 6.58. The summed E-state index contributed by atoms with van der Waals surface area (Å²) in [5.41, 5.74) is 0.927. The van der Waals surface area contributed by atoms with Crippen molar-refractivity contribution in [2.75, 3.05) is 18.1 Å². The van der Waals surface area contributed by atoms with Gasteiger partial charge in [-0.1, -0.05) is 12.1 Å². The van der Waals surface area contributed by atoms with Crippen LogP contribution < -0.4 is 15.1 Å². The Bertz CT molecular complexity index is 490. The van der Waals surface area contributed by atoms with Crippen molar-refractivity contribution in [3.8, 4) is 5.75 Å². The summed E-state index contributed by atoms with van der Waals surface area (Å²) in [6.45, 7) is 4.23. The average molecular weight is 261 g/mol. The van der Waals surface area contributed by atoms with E-state index in [0.717, 1.165) is 12.8 Å². The third-order valence-corrected chi connectivity index (χ3v) is 3.01. The zero-order valence-electron chi connectivity index (χ0n) is 10.6. The fraction of sp³-hybridized carbons (Fsp3) is 0.308. The lowest BCUT2D eigenvalue weighted by molar-refractivity contribution is -0.121. The largest absolute Gasteiger partial charge is 0.488 e. The van der Waals surface area contributed by atoms with Crippen LogP contribution >= 0.6 is 0 Å². The first kappa shape index (κ1) is 13.6. The maximum Gasteiger partial charge on any atom is 0.488 e. The van der Waals surface area contributed by atoms with Gasteiger partial charge in [-0.3, -0.25) is 4.79 Å². The van der Waals surface area contributed by atoms with E-state index in [1.165, 1.54) is 0 Å². The summed E-state index contributed by atoms with van der Waals surface area (Å²) in [6.07, 6.45) is 3.43. The zero-order valence-corrected chi connectivity index (χ0v) is 10.6. The monoisotopic (exact) mass is 261 g/mol. The van der Waals surface area contributed by atoms with E-state index in [1.807, 2.05) is 0 Å². The SMILES string of the molecule is C=CCCCN1C(=O)COc2ccc(B(O)O)cc21. The lowest BCUT2D eigenvalue weighted by atomic mass is 9.80. The molecule has 1 aromatic rings. The highest BCUT2D eigenvalue weighted by atomic mass is 16.5. The van der Waals surface area contributed by atoms with Crippen LogP contribution in [0.3, 0.4) is 0 Å². The molecule has 0 atom stereocenters. The number of anilines is 1. The van der Waals surface area contributed by atoms with Crippen LogP contribution in [0.1, 0.15) is 12.8 Å². The Balaban J connectivity index is 2.27. The van der Waals surface area contributed by atoms with Gasteiger partial charge in [-0.05, 0) is 30.4 Å². The van der Waals surface area contributed by atoms with Crippen LogP contribution in [0.5, 0.6) is 5.75 Å². The lowest BCUT2D eigenvalue weighted by Crippen LogP contribution is -2.41. The van der Waals surface area contributed by atoms with E-state index < -0.39 is 7.12 Å². The minimum absolute atomic E-state index is 0.0160. The second-order valence-electron chi connectivity index (χ2n) is 4.37. The lowest BCUT2D eigenvalue weighted by Gasteiger charge is -2.29. The number of ether oxygens (including phenoxy) is 1. The smallest absolute Gasteiger partial charge is 0.482 e. The van der Waals surface area contributed by atoms with Gasteiger partial charge in [0.1, 0.15) is 5.75 Å². The number of allylic oxidation sites excluding steroid dienone is 1. The molecule has 0 saturated heterocycles. The summed E-state index contributed by atoms with van der Waals surface area (Å²) in [4.78, 5) is 13.5. The molecule has 1 amide bonds. The Hall–Kier alpha value is -1.79. The fourth-order valence-electron chi connectivity index (χ4n) is 2.02. The molecule has 1 aliphatic rings. The Morgan fingerprint density at radius 1 is 1.47 bits per heavy atom. The van der Waals surface area contributed by atoms with Crippen LogP contribution in [0.2, 0.25) is 0 Å². The van der Waals surface area contributed by atoms with Crippen LogP contribution in [0.25, 0.3) is 0 Å². The molecule has 0 spiro atoms. The third-order valence-electron chi connectivity index (χ3n) is 3.01. The van der Waals surface area contributed by atoms with E-state index >= 15 is 0 Å². The summed E-state index contributed by atoms with van der Waals surface area (Å²) in [5.74, 6) is 0.462. The number of carbonyl (C=O) groups excluding carboxylic acids is 1. The van der Waals surface area contributed by atoms with Gasteiger partial charge < -0.3 is 19.7 Å². The van der Waals surface area contributed by atoms with Crippen molar-refractivity contribution >= 4 is 24.2 Å². The van der Waals surface area contributed by atoms with Crippen molar-refractivity contribution < 1.29 is 19.6 Å². The molecule has 1 aromatic carbocycles. The molecule has 0 saturated carbocycles. The summed E-state index contributed by atoms with van der Waals surface area (Å²) < 4.78 is 5.33. The minimum Gasteiger partial charge on any atom is -0.482 e. The van der Waals surface area contributed by atoms with Crippen molar-refractivity contribution in [2.45, 2.75) is 12.8 Å². The maximum absolute atomic E-state index is 11.9. The van der Waals surface area contributed by atoms with E-state index in [0.29, 0.717) is 23.4 Å². The molecule has 0 bridgehead atoms. The highest BCUT2D eigenvalue weighted by Crippen LogP contribution is 2.31. The first-order valence-corrected chi connectivity index (χ1v) is 6.17. The van der Waals surface area contributed by atoms with Crippen molar-refractivity contribution in [1.29, 1.82) is 0 Å². The van der Waals surface area contributed by atoms with Gasteiger partial charge in [-0.2, -0.15) is 0 Å². The quantitative estimate of drug-likeness (QED) is 0.446. The molecule has 0 aromatic heterocycles. The van der Waals surface area contributed by atoms with Gasteiger partial charge in [-0.15, -0.1) is 6.58 Å². The second kappa shape index (κ2) is 5.90. The number of hydrogen-bond acceptors (Lipinski definition) is 4. The van der Waals surface area contributed by atoms with E-state index in [9.17, 15) is 14.8 Å². The topological polar surface area (TPSA) is 70.0 Å². The van der Waals surface area contributed by atoms with Gasteiger partial charge >= 0.3 is 7.12 Å². The molecule has 100 valence electrons. The Labute approximate surface area is 112 Å². The molecule has 0 aliphatic carbocycles. The number of nitrogens with zero attached hydrogens (tertiary/aromatic N) is 1. The number of amides is 1. The van der Waals surface area contributed by atoms with Gasteiger partial charge in [0.05, 0.1) is 5.69 Å². The first-order chi connectivity index (χ1) is 9.13. The van der Waals surface area contributed by atoms with Crippen LogP contribution in [-0.4, -0.2) is 36.2 Å². The molecule has 0 radical (unpaired) electrons. The maximum atomic E-state index is 11.9. The van der Waals surface area contributed by atoms with Crippen LogP contribution in [-0.2, 0) is 4.79 Å². The predicted molar refractivity (Wildman–Crippen MR) is 73.5 cm³/mol. The highest BCUT2D eigenvalue weighted by Gasteiger charge is 2.26. The van der Waals surface area contributed by atoms with Crippen molar-refractivity contribution in [1.82, 2.24) is 0 Å². The van der Waals surface area contributed by atoms with Crippen LogP contribution in [0, 0.1) is 0 Å². The van der Waals surface area contributed by atoms with Crippen LogP contribution in [0.4, 0.5) is 5.69 Å². The molecule has 5 nitrogen and oxygen atoms in total. The van der Waals surface area contributed by atoms with Crippen molar-refractivity contribution in [2.24, 2.45) is 0 Å². The van der Waals surface area contributed by atoms with Gasteiger partial charge in [0, 0.05) is 6.54 Å². The van der Waals surface area contributed by atoms with E-state index in [-0.39, 0.29) is 12.5 Å². The third kappa shape index (κ3) is 2.97. The van der Waals surface area contributed by atoms with Gasteiger partial charge in [0.15, 0.2) is 6.61 Å². The summed E-state index contributed by atoms with van der Waals surface area (Å²) in [7, 11) is -1.56. The van der Waals surface area contributed by atoms with Gasteiger partial charge in [-0.25, -0.2) is 0 Å². The molecule has 1 aliphatic heterocycles. The number of hydrogen-bond donors (Lipinski definition) is 2. The van der Waals surface area contributed by atoms with Gasteiger partial charge in [0.2, 0.25) is 0 Å². The second-order valence-corrected chi connectivity index (χ2v) is 4.37. The predicted octanol–water partition coefficient (Wildman–Crippen LogP) is 0.0580. The van der Waals surface area contributed by atoms with E-state index in [1.54, 1.807) is 29.2 Å². The Kier molecular flexibility index (Phi) is 4.24. The molecule has 2 N–H and O–H groups in total. The molecule has 19 heavy (non-hydrogen) atoms. The molecule has 0 unspecified atom stereocenters. The molecule has 2 rings (SSSR count). The Morgan fingerprint density at radius 3 is 2.95 bits per heavy atom. The van der Waals surface area contributed by atoms with Crippen molar-refractivity contribution in [3.05, 3.63) is 30.9 Å². The van der Waals surface area contributed by atoms with E-state index in [2.05, 4.69) is 6.58 Å². The first-order valence-electron chi connectivity index (χ1n) is 6.17. The number of rotatable bonds is 5. The summed E-state index contributed by atoms with van der Waals surface area (Å²) >= 11 is 0. The van der Waals surface area contributed by atoms with Crippen LogP contribution in [0.15, 0.2) is 30.9 Å². The summed E-state index contributed by atoms with van der Waals surface area (Å²) in [6, 6.07) is 4.79. The number of fused-ring (bicyclic) bond motifs is 1. The van der Waals surface area contributed by atoms with Gasteiger partial charge in [0.25, 0.3) is 5.91 Å². The average Bonchev–Trinajstić information content (AvgIpc) is 2.40. The standard InChI is InChI=1S/C13H16BNO4/c1-2-3-4-7-15-11-8-10(14(17)18)5-6-12(11)19-9-13(15)16/h2,5-6,8,17-18H,1,3-4,7,9H2. The molecule has 1 heterocycles. The normalized spacial score (nSPS) is 13.8. The minimum atomic E-state index is -1.56. The van der Waals surface area contributed by atoms with E-state index in [4.69, 9.17) is 4.74 Å². The zero-order chi connectivity index (χ0) is 13.8. The molecular weight excluding hydrogens is 245 g/mol. The Morgan fingerprint density at radius 2 is 2.26 bits per heavy atom. The summed E-state index contributed by atoms with van der Waals surface area (Å²) in [5, 5.41) is 18.4. The number of unbranched alkanes of at least 4 members (excludes halogenated alkanes) is 1. The molecule has 6 heteroatoms. The fourth-order valence-corrected chi connectivity index (χ4v) is 2.02. The molecular formula is C13H16BNO4.